The lowest BCUT2D eigenvalue weighted by Gasteiger charge is -2.08. The Bertz CT molecular complexity index is 393. The predicted octanol–water partition coefficient (Wildman–Crippen LogP) is 1.94. The number of halogens is 1. The number of carbonyl (C=O) groups is 1. The molecule has 3 N–H and O–H groups in total. The van der Waals surface area contributed by atoms with E-state index in [1.165, 1.54) is 18.2 Å². The molecule has 0 heterocycles. The van der Waals surface area contributed by atoms with Crippen LogP contribution in [0, 0.1) is 0 Å². The lowest BCUT2D eigenvalue weighted by molar-refractivity contribution is 0.0949. The highest BCUT2D eigenvalue weighted by atomic mass is 35.5. The lowest BCUT2D eigenvalue weighted by Crippen LogP contribution is -2.25. The topological polar surface area (TPSA) is 69.6 Å². The second-order valence-electron chi connectivity index (χ2n) is 3.91. The summed E-state index contributed by atoms with van der Waals surface area (Å²) in [5.41, 5.74) is 0.253. The molecule has 0 saturated heterocycles. The number of phenols is 1. The Morgan fingerprint density at radius 2 is 2.24 bits per heavy atom. The van der Waals surface area contributed by atoms with Crippen LogP contribution in [0.3, 0.4) is 0 Å². The highest BCUT2D eigenvalue weighted by Gasteiger charge is 2.10. The molecule has 0 spiro atoms. The Balaban J connectivity index is 2.49. The van der Waals surface area contributed by atoms with E-state index in [1.54, 1.807) is 6.92 Å². The van der Waals surface area contributed by atoms with Gasteiger partial charge in [-0.15, -0.1) is 0 Å². The van der Waals surface area contributed by atoms with Gasteiger partial charge < -0.3 is 15.5 Å². The molecule has 1 rings (SSSR count). The summed E-state index contributed by atoms with van der Waals surface area (Å²) in [6, 6.07) is 4.22. The highest BCUT2D eigenvalue weighted by Crippen LogP contribution is 2.20. The molecule has 1 aromatic rings. The van der Waals surface area contributed by atoms with Crippen LogP contribution in [0.25, 0.3) is 0 Å². The molecule has 17 heavy (non-hydrogen) atoms. The van der Waals surface area contributed by atoms with Crippen molar-refractivity contribution in [3.63, 3.8) is 0 Å². The number of carbonyl (C=O) groups excluding carboxylic acids is 1. The zero-order chi connectivity index (χ0) is 12.8. The SMILES string of the molecule is CC(O)CCCNC(=O)c1cc(O)ccc1Cl. The Morgan fingerprint density at radius 3 is 2.88 bits per heavy atom. The molecule has 1 atom stereocenters. The Hall–Kier alpha value is -1.26. The van der Waals surface area contributed by atoms with Crippen LogP contribution in [0.4, 0.5) is 0 Å². The van der Waals surface area contributed by atoms with Gasteiger partial charge in [-0.1, -0.05) is 11.6 Å². The van der Waals surface area contributed by atoms with E-state index in [2.05, 4.69) is 5.32 Å². The fourth-order valence-electron chi connectivity index (χ4n) is 1.38. The van der Waals surface area contributed by atoms with E-state index >= 15 is 0 Å². The van der Waals surface area contributed by atoms with Gasteiger partial charge in [-0.05, 0) is 38.0 Å². The standard InChI is InChI=1S/C12H16ClNO3/c1-8(15)3-2-6-14-12(17)10-7-9(16)4-5-11(10)13/h4-5,7-8,15-16H,2-3,6H2,1H3,(H,14,17). The van der Waals surface area contributed by atoms with Gasteiger partial charge in [0.15, 0.2) is 0 Å². The molecule has 94 valence electrons. The van der Waals surface area contributed by atoms with Gasteiger partial charge in [-0.2, -0.15) is 0 Å². The second-order valence-corrected chi connectivity index (χ2v) is 4.32. The van der Waals surface area contributed by atoms with E-state index < -0.39 is 0 Å². The Morgan fingerprint density at radius 1 is 1.53 bits per heavy atom. The van der Waals surface area contributed by atoms with Crippen molar-refractivity contribution in [2.75, 3.05) is 6.54 Å². The molecular formula is C12H16ClNO3. The minimum Gasteiger partial charge on any atom is -0.508 e. The first-order chi connectivity index (χ1) is 8.00. The zero-order valence-electron chi connectivity index (χ0n) is 9.61. The van der Waals surface area contributed by atoms with Crippen LogP contribution in [0.15, 0.2) is 18.2 Å². The molecular weight excluding hydrogens is 242 g/mol. The Kier molecular flexibility index (Phi) is 5.25. The smallest absolute Gasteiger partial charge is 0.252 e. The van der Waals surface area contributed by atoms with Crippen LogP contribution in [-0.2, 0) is 0 Å². The fourth-order valence-corrected chi connectivity index (χ4v) is 1.59. The van der Waals surface area contributed by atoms with Crippen LogP contribution in [0.1, 0.15) is 30.1 Å². The number of aliphatic hydroxyl groups excluding tert-OH is 1. The van der Waals surface area contributed by atoms with E-state index in [0.717, 1.165) is 0 Å². The first kappa shape index (κ1) is 13.8. The van der Waals surface area contributed by atoms with E-state index in [9.17, 15) is 9.90 Å². The summed E-state index contributed by atoms with van der Waals surface area (Å²) in [5.74, 6) is -0.319. The summed E-state index contributed by atoms with van der Waals surface area (Å²) in [7, 11) is 0. The van der Waals surface area contributed by atoms with Crippen molar-refractivity contribution in [3.8, 4) is 5.75 Å². The van der Waals surface area contributed by atoms with Gasteiger partial charge in [0.05, 0.1) is 16.7 Å². The maximum atomic E-state index is 11.7. The van der Waals surface area contributed by atoms with Crippen LogP contribution >= 0.6 is 11.6 Å². The number of aliphatic hydroxyl groups is 1. The molecule has 0 radical (unpaired) electrons. The molecule has 5 heteroatoms. The summed E-state index contributed by atoms with van der Waals surface area (Å²) < 4.78 is 0. The van der Waals surface area contributed by atoms with Crippen molar-refractivity contribution in [1.82, 2.24) is 5.32 Å². The quantitative estimate of drug-likeness (QED) is 0.706. The molecule has 4 nitrogen and oxygen atoms in total. The largest absolute Gasteiger partial charge is 0.508 e. The zero-order valence-corrected chi connectivity index (χ0v) is 10.4. The average molecular weight is 258 g/mol. The maximum Gasteiger partial charge on any atom is 0.252 e. The molecule has 1 aromatic carbocycles. The second kappa shape index (κ2) is 6.47. The van der Waals surface area contributed by atoms with Gasteiger partial charge >= 0.3 is 0 Å². The molecule has 0 fully saturated rings. The molecule has 0 aromatic heterocycles. The van der Waals surface area contributed by atoms with Crippen LogP contribution in [0.2, 0.25) is 5.02 Å². The number of phenolic OH excluding ortho intramolecular Hbond substituents is 1. The third-order valence-corrected chi connectivity index (χ3v) is 2.61. The molecule has 0 aliphatic heterocycles. The van der Waals surface area contributed by atoms with Gasteiger partial charge in [0, 0.05) is 6.54 Å². The number of hydrogen-bond acceptors (Lipinski definition) is 3. The minimum atomic E-state index is -0.365. The van der Waals surface area contributed by atoms with Gasteiger partial charge in [0.2, 0.25) is 0 Å². The molecule has 0 aliphatic carbocycles. The number of amides is 1. The predicted molar refractivity (Wildman–Crippen MR) is 66.4 cm³/mol. The fraction of sp³-hybridized carbons (Fsp3) is 0.417. The third kappa shape index (κ3) is 4.63. The van der Waals surface area contributed by atoms with Crippen molar-refractivity contribution >= 4 is 17.5 Å². The van der Waals surface area contributed by atoms with Gasteiger partial charge in [0.25, 0.3) is 5.91 Å². The van der Waals surface area contributed by atoms with Gasteiger partial charge in [-0.25, -0.2) is 0 Å². The summed E-state index contributed by atoms with van der Waals surface area (Å²) >= 11 is 5.84. The number of benzene rings is 1. The van der Waals surface area contributed by atoms with Crippen molar-refractivity contribution in [3.05, 3.63) is 28.8 Å². The van der Waals surface area contributed by atoms with Crippen molar-refractivity contribution in [1.29, 1.82) is 0 Å². The molecule has 1 amide bonds. The normalized spacial score (nSPS) is 12.2. The summed E-state index contributed by atoms with van der Waals surface area (Å²) in [5, 5.41) is 21.3. The van der Waals surface area contributed by atoms with E-state index in [-0.39, 0.29) is 23.3 Å². The molecule has 0 bridgehead atoms. The van der Waals surface area contributed by atoms with E-state index in [4.69, 9.17) is 16.7 Å². The van der Waals surface area contributed by atoms with Crippen molar-refractivity contribution in [2.24, 2.45) is 0 Å². The van der Waals surface area contributed by atoms with Crippen LogP contribution < -0.4 is 5.32 Å². The number of rotatable bonds is 5. The summed E-state index contributed by atoms with van der Waals surface area (Å²) in [4.78, 5) is 11.7. The summed E-state index contributed by atoms with van der Waals surface area (Å²) in [6.45, 7) is 2.17. The highest BCUT2D eigenvalue weighted by molar-refractivity contribution is 6.33. The van der Waals surface area contributed by atoms with Crippen molar-refractivity contribution in [2.45, 2.75) is 25.9 Å². The average Bonchev–Trinajstić information content (AvgIpc) is 2.27. The lowest BCUT2D eigenvalue weighted by atomic mass is 10.2. The molecule has 1 unspecified atom stereocenters. The minimum absolute atomic E-state index is 0.00327. The maximum absolute atomic E-state index is 11.7. The van der Waals surface area contributed by atoms with E-state index in [1.807, 2.05) is 0 Å². The third-order valence-electron chi connectivity index (χ3n) is 2.28. The first-order valence-corrected chi connectivity index (χ1v) is 5.83. The Labute approximate surface area is 105 Å². The first-order valence-electron chi connectivity index (χ1n) is 5.45. The number of aromatic hydroxyl groups is 1. The number of nitrogens with one attached hydrogen (secondary N) is 1. The van der Waals surface area contributed by atoms with Gasteiger partial charge in [-0.3, -0.25) is 4.79 Å². The van der Waals surface area contributed by atoms with Gasteiger partial charge in [0.1, 0.15) is 5.75 Å². The van der Waals surface area contributed by atoms with Crippen LogP contribution in [0.5, 0.6) is 5.75 Å². The molecule has 0 aliphatic rings. The van der Waals surface area contributed by atoms with Crippen molar-refractivity contribution < 1.29 is 15.0 Å². The summed E-state index contributed by atoms with van der Waals surface area (Å²) in [6.07, 6.45) is 0.963. The monoisotopic (exact) mass is 257 g/mol. The number of hydrogen-bond donors (Lipinski definition) is 3. The van der Waals surface area contributed by atoms with E-state index in [0.29, 0.717) is 24.4 Å². The van der Waals surface area contributed by atoms with Crippen LogP contribution in [-0.4, -0.2) is 28.8 Å². The molecule has 0 saturated carbocycles.